The molecule has 172 valence electrons. The Kier molecular flexibility index (Phi) is 6.54. The SMILES string of the molecule is COc1cc(/C=C2/C(=O)NN(c3ccccc3)C2=O)ccc1OCC(=O)Nc1cccc(F)c1. The van der Waals surface area contributed by atoms with Crippen molar-refractivity contribution in [3.05, 3.63) is 89.8 Å². The number of nitrogens with zero attached hydrogens (tertiary/aromatic N) is 1. The fourth-order valence-electron chi connectivity index (χ4n) is 3.28. The molecule has 1 heterocycles. The molecule has 3 aromatic rings. The summed E-state index contributed by atoms with van der Waals surface area (Å²) in [5.74, 6) is -1.36. The number of hydrogen-bond acceptors (Lipinski definition) is 5. The molecule has 34 heavy (non-hydrogen) atoms. The maximum Gasteiger partial charge on any atom is 0.282 e. The van der Waals surface area contributed by atoms with Crippen LogP contribution in [0, 0.1) is 5.82 Å². The monoisotopic (exact) mass is 461 g/mol. The van der Waals surface area contributed by atoms with Crippen molar-refractivity contribution in [3.8, 4) is 11.5 Å². The Morgan fingerprint density at radius 3 is 2.56 bits per heavy atom. The summed E-state index contributed by atoms with van der Waals surface area (Å²) in [6, 6.07) is 19.0. The van der Waals surface area contributed by atoms with Gasteiger partial charge >= 0.3 is 0 Å². The van der Waals surface area contributed by atoms with E-state index < -0.39 is 23.5 Å². The molecule has 0 saturated carbocycles. The Bertz CT molecular complexity index is 1280. The van der Waals surface area contributed by atoms with Gasteiger partial charge in [-0.2, -0.15) is 0 Å². The first-order valence-corrected chi connectivity index (χ1v) is 10.2. The average molecular weight is 461 g/mol. The number of halogens is 1. The molecule has 1 aliphatic rings. The van der Waals surface area contributed by atoms with Gasteiger partial charge < -0.3 is 14.8 Å². The lowest BCUT2D eigenvalue weighted by atomic mass is 10.1. The van der Waals surface area contributed by atoms with Gasteiger partial charge in [0.05, 0.1) is 12.8 Å². The fraction of sp³-hybridized carbons (Fsp3) is 0.0800. The van der Waals surface area contributed by atoms with Crippen molar-refractivity contribution in [1.29, 1.82) is 0 Å². The van der Waals surface area contributed by atoms with Gasteiger partial charge in [-0.05, 0) is 54.1 Å². The highest BCUT2D eigenvalue weighted by atomic mass is 19.1. The number of hydrazine groups is 1. The fourth-order valence-corrected chi connectivity index (χ4v) is 3.28. The van der Waals surface area contributed by atoms with Gasteiger partial charge in [0, 0.05) is 5.69 Å². The first-order valence-electron chi connectivity index (χ1n) is 10.2. The molecular formula is C25H20FN3O5. The standard InChI is InChI=1S/C25H20FN3O5/c1-33-22-13-16(12-20-24(31)28-29(25(20)32)19-8-3-2-4-9-19)10-11-21(22)34-15-23(30)27-18-7-5-6-17(26)14-18/h2-14H,15H2,1H3,(H,27,30)(H,28,31)/b20-12-. The molecule has 0 aromatic heterocycles. The molecule has 0 atom stereocenters. The second kappa shape index (κ2) is 9.86. The van der Waals surface area contributed by atoms with Gasteiger partial charge in [-0.3, -0.25) is 19.8 Å². The van der Waals surface area contributed by atoms with Gasteiger partial charge in [0.15, 0.2) is 18.1 Å². The van der Waals surface area contributed by atoms with E-state index in [1.54, 1.807) is 48.5 Å². The predicted octanol–water partition coefficient (Wildman–Crippen LogP) is 3.31. The van der Waals surface area contributed by atoms with Crippen LogP contribution in [0.2, 0.25) is 0 Å². The molecule has 0 bridgehead atoms. The lowest BCUT2D eigenvalue weighted by molar-refractivity contribution is -0.118. The number of carbonyl (C=O) groups is 3. The normalized spacial score (nSPS) is 14.2. The molecular weight excluding hydrogens is 441 g/mol. The highest BCUT2D eigenvalue weighted by molar-refractivity contribution is 6.31. The molecule has 1 fully saturated rings. The van der Waals surface area contributed by atoms with E-state index in [0.29, 0.717) is 22.7 Å². The summed E-state index contributed by atoms with van der Waals surface area (Å²) < 4.78 is 24.1. The quantitative estimate of drug-likeness (QED) is 0.416. The molecule has 3 aromatic carbocycles. The van der Waals surface area contributed by atoms with Crippen molar-refractivity contribution in [2.45, 2.75) is 0 Å². The van der Waals surface area contributed by atoms with E-state index >= 15 is 0 Å². The summed E-state index contributed by atoms with van der Waals surface area (Å²) in [5, 5.41) is 3.72. The Hall–Kier alpha value is -4.66. The predicted molar refractivity (Wildman–Crippen MR) is 124 cm³/mol. The maximum absolute atomic E-state index is 13.3. The summed E-state index contributed by atoms with van der Waals surface area (Å²) in [7, 11) is 1.43. The number of carbonyl (C=O) groups excluding carboxylic acids is 3. The van der Waals surface area contributed by atoms with Crippen LogP contribution < -0.4 is 25.2 Å². The van der Waals surface area contributed by atoms with Crippen LogP contribution in [0.1, 0.15) is 5.56 Å². The number of para-hydroxylation sites is 1. The van der Waals surface area contributed by atoms with E-state index in [4.69, 9.17) is 9.47 Å². The van der Waals surface area contributed by atoms with Crippen molar-refractivity contribution in [3.63, 3.8) is 0 Å². The van der Waals surface area contributed by atoms with E-state index in [-0.39, 0.29) is 17.9 Å². The van der Waals surface area contributed by atoms with Crippen LogP contribution >= 0.6 is 0 Å². The number of amides is 3. The van der Waals surface area contributed by atoms with E-state index in [1.807, 2.05) is 6.07 Å². The number of methoxy groups -OCH3 is 1. The summed E-state index contributed by atoms with van der Waals surface area (Å²) in [5.41, 5.74) is 3.89. The Morgan fingerprint density at radius 2 is 1.82 bits per heavy atom. The zero-order valence-corrected chi connectivity index (χ0v) is 18.1. The van der Waals surface area contributed by atoms with E-state index in [2.05, 4.69) is 10.7 Å². The number of ether oxygens (including phenoxy) is 2. The van der Waals surface area contributed by atoms with E-state index in [1.165, 1.54) is 36.4 Å². The van der Waals surface area contributed by atoms with Crippen molar-refractivity contribution < 1.29 is 28.2 Å². The van der Waals surface area contributed by atoms with Crippen molar-refractivity contribution in [2.24, 2.45) is 0 Å². The molecule has 0 radical (unpaired) electrons. The molecule has 0 unspecified atom stereocenters. The number of benzene rings is 3. The molecule has 4 rings (SSSR count). The van der Waals surface area contributed by atoms with Gasteiger partial charge in [-0.25, -0.2) is 9.40 Å². The highest BCUT2D eigenvalue weighted by Crippen LogP contribution is 2.30. The third-order valence-electron chi connectivity index (χ3n) is 4.87. The van der Waals surface area contributed by atoms with Gasteiger partial charge in [0.25, 0.3) is 17.7 Å². The highest BCUT2D eigenvalue weighted by Gasteiger charge is 2.34. The molecule has 0 aliphatic carbocycles. The van der Waals surface area contributed by atoms with E-state index in [9.17, 15) is 18.8 Å². The minimum Gasteiger partial charge on any atom is -0.493 e. The number of hydrogen-bond donors (Lipinski definition) is 2. The second-order valence-electron chi connectivity index (χ2n) is 7.23. The lowest BCUT2D eigenvalue weighted by Gasteiger charge is -2.14. The van der Waals surface area contributed by atoms with Gasteiger partial charge in [-0.15, -0.1) is 0 Å². The Labute approximate surface area is 194 Å². The minimum absolute atomic E-state index is 0.0333. The molecule has 8 nitrogen and oxygen atoms in total. The average Bonchev–Trinajstić information content (AvgIpc) is 3.12. The molecule has 2 N–H and O–H groups in total. The van der Waals surface area contributed by atoms with Gasteiger partial charge in [0.1, 0.15) is 11.4 Å². The zero-order chi connectivity index (χ0) is 24.1. The number of anilines is 2. The van der Waals surface area contributed by atoms with Crippen LogP contribution in [0.5, 0.6) is 11.5 Å². The van der Waals surface area contributed by atoms with E-state index in [0.717, 1.165) is 0 Å². The molecule has 0 spiro atoms. The number of rotatable bonds is 7. The first kappa shape index (κ1) is 22.5. The molecule has 9 heteroatoms. The zero-order valence-electron chi connectivity index (χ0n) is 18.1. The topological polar surface area (TPSA) is 97.0 Å². The lowest BCUT2D eigenvalue weighted by Crippen LogP contribution is -2.35. The van der Waals surface area contributed by atoms with Crippen LogP contribution in [0.15, 0.2) is 78.4 Å². The summed E-state index contributed by atoms with van der Waals surface area (Å²) >= 11 is 0. The third-order valence-corrected chi connectivity index (χ3v) is 4.87. The first-order chi connectivity index (χ1) is 16.4. The molecule has 1 aliphatic heterocycles. The Morgan fingerprint density at radius 1 is 1.03 bits per heavy atom. The van der Waals surface area contributed by atoms with Crippen LogP contribution in [0.3, 0.4) is 0 Å². The van der Waals surface area contributed by atoms with Crippen LogP contribution in [0.25, 0.3) is 6.08 Å². The van der Waals surface area contributed by atoms with Crippen molar-refractivity contribution >= 4 is 35.2 Å². The van der Waals surface area contributed by atoms with Crippen LogP contribution in [-0.4, -0.2) is 31.4 Å². The largest absolute Gasteiger partial charge is 0.493 e. The smallest absolute Gasteiger partial charge is 0.282 e. The van der Waals surface area contributed by atoms with Crippen LogP contribution in [-0.2, 0) is 14.4 Å². The summed E-state index contributed by atoms with van der Waals surface area (Å²) in [6.45, 7) is -0.333. The third kappa shape index (κ3) is 5.04. The van der Waals surface area contributed by atoms with Crippen molar-refractivity contribution in [2.75, 3.05) is 24.0 Å². The number of nitrogens with one attached hydrogen (secondary N) is 2. The summed E-state index contributed by atoms with van der Waals surface area (Å²) in [4.78, 5) is 37.2. The summed E-state index contributed by atoms with van der Waals surface area (Å²) in [6.07, 6.45) is 1.45. The van der Waals surface area contributed by atoms with Crippen molar-refractivity contribution in [1.82, 2.24) is 5.43 Å². The minimum atomic E-state index is -0.526. The van der Waals surface area contributed by atoms with Gasteiger partial charge in [0.2, 0.25) is 0 Å². The maximum atomic E-state index is 13.3. The van der Waals surface area contributed by atoms with Gasteiger partial charge in [-0.1, -0.05) is 30.3 Å². The van der Waals surface area contributed by atoms with Crippen LogP contribution in [0.4, 0.5) is 15.8 Å². The Balaban J connectivity index is 1.45. The molecule has 1 saturated heterocycles. The molecule has 3 amide bonds. The second-order valence-corrected chi connectivity index (χ2v) is 7.23.